The Balaban J connectivity index is 1.59. The van der Waals surface area contributed by atoms with E-state index < -0.39 is 0 Å². The lowest BCUT2D eigenvalue weighted by Crippen LogP contribution is -2.37. The monoisotopic (exact) mass is 469 g/mol. The number of ether oxygens (including phenoxy) is 1. The molecular formula is C22H31N9OS. The van der Waals surface area contributed by atoms with Crippen LogP contribution in [0.25, 0.3) is 11.3 Å². The number of hydrogen-bond acceptors (Lipinski definition) is 11. The number of aryl methyl sites for hydroxylation is 1. The molecule has 1 aliphatic rings. The molecule has 0 amide bonds. The maximum atomic E-state index is 6.11. The van der Waals surface area contributed by atoms with Gasteiger partial charge in [0.15, 0.2) is 5.13 Å². The highest BCUT2D eigenvalue weighted by molar-refractivity contribution is 7.13. The fourth-order valence-corrected chi connectivity index (χ4v) is 4.54. The van der Waals surface area contributed by atoms with Crippen LogP contribution in [0.3, 0.4) is 0 Å². The lowest BCUT2D eigenvalue weighted by Gasteiger charge is -2.27. The average molecular weight is 470 g/mol. The van der Waals surface area contributed by atoms with Gasteiger partial charge in [0.25, 0.3) is 0 Å². The number of nitrogens with zero attached hydrogens (tertiary/aromatic N) is 6. The van der Waals surface area contributed by atoms with E-state index in [1.807, 2.05) is 6.07 Å². The molecule has 1 saturated heterocycles. The normalized spacial score (nSPS) is 14.1. The Morgan fingerprint density at radius 1 is 1.12 bits per heavy atom. The SMILES string of the molecule is CCC(CC)CCc1csc(Nc2cc(-c3cnc(N)nc3N)nc(N3CCOCC3)n2)n1. The van der Waals surface area contributed by atoms with Crippen LogP contribution in [0.4, 0.5) is 28.7 Å². The first-order chi connectivity index (χ1) is 16.1. The molecule has 0 aromatic carbocycles. The van der Waals surface area contributed by atoms with E-state index in [4.69, 9.17) is 31.2 Å². The Morgan fingerprint density at radius 3 is 2.64 bits per heavy atom. The van der Waals surface area contributed by atoms with Gasteiger partial charge in [-0.25, -0.2) is 15.0 Å². The topological polar surface area (TPSA) is 141 Å². The number of morpholine rings is 1. The predicted molar refractivity (Wildman–Crippen MR) is 133 cm³/mol. The molecule has 0 atom stereocenters. The van der Waals surface area contributed by atoms with E-state index in [9.17, 15) is 0 Å². The summed E-state index contributed by atoms with van der Waals surface area (Å²) in [6, 6.07) is 1.83. The van der Waals surface area contributed by atoms with E-state index in [0.29, 0.717) is 49.3 Å². The zero-order valence-corrected chi connectivity index (χ0v) is 19.9. The molecule has 5 N–H and O–H groups in total. The summed E-state index contributed by atoms with van der Waals surface area (Å²) in [5.41, 5.74) is 14.1. The highest BCUT2D eigenvalue weighted by Crippen LogP contribution is 2.29. The van der Waals surface area contributed by atoms with Crippen LogP contribution in [0.1, 0.15) is 38.8 Å². The number of aromatic nitrogens is 5. The Morgan fingerprint density at radius 2 is 1.91 bits per heavy atom. The van der Waals surface area contributed by atoms with Crippen molar-refractivity contribution in [2.24, 2.45) is 5.92 Å². The first-order valence-electron chi connectivity index (χ1n) is 11.4. The minimum Gasteiger partial charge on any atom is -0.383 e. The third-order valence-electron chi connectivity index (χ3n) is 5.87. The molecule has 1 fully saturated rings. The molecule has 1 aliphatic heterocycles. The fourth-order valence-electron chi connectivity index (χ4n) is 3.79. The van der Waals surface area contributed by atoms with Crippen molar-refractivity contribution < 1.29 is 4.74 Å². The summed E-state index contributed by atoms with van der Waals surface area (Å²) < 4.78 is 5.48. The lowest BCUT2D eigenvalue weighted by molar-refractivity contribution is 0.122. The number of nitrogens with one attached hydrogen (secondary N) is 1. The lowest BCUT2D eigenvalue weighted by atomic mass is 9.97. The van der Waals surface area contributed by atoms with Gasteiger partial charge in [0, 0.05) is 30.7 Å². The molecule has 0 spiro atoms. The van der Waals surface area contributed by atoms with E-state index in [1.54, 1.807) is 17.5 Å². The van der Waals surface area contributed by atoms with Crippen molar-refractivity contribution in [1.82, 2.24) is 24.9 Å². The summed E-state index contributed by atoms with van der Waals surface area (Å²) in [6.45, 7) is 7.20. The van der Waals surface area contributed by atoms with Gasteiger partial charge in [0.2, 0.25) is 11.9 Å². The molecule has 4 heterocycles. The highest BCUT2D eigenvalue weighted by atomic mass is 32.1. The molecule has 4 rings (SSSR count). The summed E-state index contributed by atoms with van der Waals surface area (Å²) in [5.74, 6) is 2.38. The standard InChI is InChI=1S/C22H31N9OS/c1-3-14(4-2)5-6-15-13-33-22(26-15)29-18-11-17(16-12-25-20(24)30-19(16)23)27-21(28-18)31-7-9-32-10-8-31/h11-14H,3-10H2,1-2H3,(H4,23,24,25,30)(H,26,27,28,29). The summed E-state index contributed by atoms with van der Waals surface area (Å²) in [6.07, 6.45) is 6.14. The Labute approximate surface area is 197 Å². The summed E-state index contributed by atoms with van der Waals surface area (Å²) in [5, 5.41) is 6.26. The van der Waals surface area contributed by atoms with Gasteiger partial charge in [-0.1, -0.05) is 26.7 Å². The third-order valence-corrected chi connectivity index (χ3v) is 6.68. The van der Waals surface area contributed by atoms with Gasteiger partial charge in [-0.05, 0) is 18.8 Å². The number of anilines is 5. The molecule has 0 bridgehead atoms. The van der Waals surface area contributed by atoms with E-state index >= 15 is 0 Å². The number of nitrogens with two attached hydrogens (primary N) is 2. The maximum Gasteiger partial charge on any atom is 0.228 e. The van der Waals surface area contributed by atoms with Crippen LogP contribution < -0.4 is 21.7 Å². The highest BCUT2D eigenvalue weighted by Gasteiger charge is 2.18. The smallest absolute Gasteiger partial charge is 0.228 e. The Bertz CT molecular complexity index is 1060. The molecule has 10 nitrogen and oxygen atoms in total. The molecule has 11 heteroatoms. The van der Waals surface area contributed by atoms with Crippen molar-refractivity contribution in [1.29, 1.82) is 0 Å². The molecule has 33 heavy (non-hydrogen) atoms. The molecule has 0 unspecified atom stereocenters. The number of hydrogen-bond donors (Lipinski definition) is 3. The van der Waals surface area contributed by atoms with Gasteiger partial charge in [-0.2, -0.15) is 9.97 Å². The zero-order chi connectivity index (χ0) is 23.2. The van der Waals surface area contributed by atoms with Crippen LogP contribution >= 0.6 is 11.3 Å². The Kier molecular flexibility index (Phi) is 7.50. The second-order valence-electron chi connectivity index (χ2n) is 8.06. The largest absolute Gasteiger partial charge is 0.383 e. The molecule has 0 saturated carbocycles. The maximum absolute atomic E-state index is 6.11. The molecule has 0 aliphatic carbocycles. The summed E-state index contributed by atoms with van der Waals surface area (Å²) >= 11 is 1.58. The van der Waals surface area contributed by atoms with Crippen molar-refractivity contribution in [3.05, 3.63) is 23.3 Å². The second kappa shape index (κ2) is 10.7. The van der Waals surface area contributed by atoms with Crippen molar-refractivity contribution in [2.75, 3.05) is 48.0 Å². The van der Waals surface area contributed by atoms with Gasteiger partial charge >= 0.3 is 0 Å². The fraction of sp³-hybridized carbons (Fsp3) is 0.500. The summed E-state index contributed by atoms with van der Waals surface area (Å²) in [4.78, 5) is 24.5. The van der Waals surface area contributed by atoms with Crippen LogP contribution in [-0.2, 0) is 11.2 Å². The van der Waals surface area contributed by atoms with E-state index in [2.05, 4.69) is 39.4 Å². The molecule has 0 radical (unpaired) electrons. The van der Waals surface area contributed by atoms with Gasteiger partial charge in [-0.3, -0.25) is 0 Å². The molecular weight excluding hydrogens is 438 g/mol. The molecule has 3 aromatic heterocycles. The van der Waals surface area contributed by atoms with Gasteiger partial charge in [0.1, 0.15) is 11.6 Å². The van der Waals surface area contributed by atoms with Crippen LogP contribution in [0.5, 0.6) is 0 Å². The second-order valence-corrected chi connectivity index (χ2v) is 8.91. The first kappa shape index (κ1) is 23.1. The number of rotatable bonds is 9. The third kappa shape index (κ3) is 5.85. The average Bonchev–Trinajstić information content (AvgIpc) is 3.27. The van der Waals surface area contributed by atoms with Gasteiger partial charge < -0.3 is 26.4 Å². The van der Waals surface area contributed by atoms with Crippen molar-refractivity contribution in [3.8, 4) is 11.3 Å². The van der Waals surface area contributed by atoms with Crippen molar-refractivity contribution in [2.45, 2.75) is 39.5 Å². The van der Waals surface area contributed by atoms with Crippen molar-refractivity contribution in [3.63, 3.8) is 0 Å². The van der Waals surface area contributed by atoms with Crippen molar-refractivity contribution >= 4 is 40.0 Å². The van der Waals surface area contributed by atoms with Crippen LogP contribution in [-0.4, -0.2) is 51.2 Å². The van der Waals surface area contributed by atoms with Crippen LogP contribution in [0, 0.1) is 5.92 Å². The summed E-state index contributed by atoms with van der Waals surface area (Å²) in [7, 11) is 0. The van der Waals surface area contributed by atoms with Gasteiger partial charge in [0.05, 0.1) is 30.2 Å². The first-order valence-corrected chi connectivity index (χ1v) is 12.2. The van der Waals surface area contributed by atoms with Crippen LogP contribution in [0.2, 0.25) is 0 Å². The molecule has 176 valence electrons. The van der Waals surface area contributed by atoms with E-state index in [1.165, 1.54) is 12.8 Å². The minimum absolute atomic E-state index is 0.126. The zero-order valence-electron chi connectivity index (χ0n) is 19.1. The molecule has 3 aromatic rings. The minimum atomic E-state index is 0.126. The van der Waals surface area contributed by atoms with Crippen LogP contribution in [0.15, 0.2) is 17.6 Å². The number of nitrogen functional groups attached to an aromatic ring is 2. The van der Waals surface area contributed by atoms with Gasteiger partial charge in [-0.15, -0.1) is 11.3 Å². The van der Waals surface area contributed by atoms with E-state index in [0.717, 1.165) is 29.6 Å². The quantitative estimate of drug-likeness (QED) is 0.426. The predicted octanol–water partition coefficient (Wildman–Crippen LogP) is 3.50. The number of thiazole rings is 1. The Hall–Kier alpha value is -3.05. The van der Waals surface area contributed by atoms with E-state index in [-0.39, 0.29) is 11.8 Å².